The summed E-state index contributed by atoms with van der Waals surface area (Å²) in [4.78, 5) is 15.4. The second kappa shape index (κ2) is 4.38. The molecule has 1 unspecified atom stereocenters. The summed E-state index contributed by atoms with van der Waals surface area (Å²) in [7, 11) is 0. The van der Waals surface area contributed by atoms with Crippen LogP contribution in [0.15, 0.2) is 18.3 Å². The van der Waals surface area contributed by atoms with Crippen LogP contribution in [0.2, 0.25) is 5.02 Å². The minimum absolute atomic E-state index is 0.123. The van der Waals surface area contributed by atoms with Gasteiger partial charge in [0, 0.05) is 12.6 Å². The van der Waals surface area contributed by atoms with Gasteiger partial charge in [-0.05, 0) is 19.1 Å². The lowest BCUT2D eigenvalue weighted by Crippen LogP contribution is -2.08. The minimum Gasteiger partial charge on any atom is -0.299 e. The third kappa shape index (κ3) is 2.52. The molecule has 3 heteroatoms. The van der Waals surface area contributed by atoms with Crippen molar-refractivity contribution in [3.8, 4) is 0 Å². The van der Waals surface area contributed by atoms with E-state index in [2.05, 4.69) is 4.98 Å². The van der Waals surface area contributed by atoms with Gasteiger partial charge < -0.3 is 0 Å². The number of carbonyl (C=O) groups is 1. The molecule has 0 spiro atoms. The third-order valence-electron chi connectivity index (χ3n) is 2.03. The lowest BCUT2D eigenvalue weighted by atomic mass is 10.0. The molecular weight excluding hydrogens is 186 g/mol. The molecule has 70 valence electrons. The van der Waals surface area contributed by atoms with Crippen LogP contribution in [0.25, 0.3) is 0 Å². The molecule has 1 heterocycles. The van der Waals surface area contributed by atoms with Crippen LogP contribution in [0.3, 0.4) is 0 Å². The summed E-state index contributed by atoms with van der Waals surface area (Å²) < 4.78 is 0. The SMILES string of the molecule is CCC(=O)C(C)c1ccc(Cl)cn1. The molecule has 1 atom stereocenters. The molecule has 13 heavy (non-hydrogen) atoms. The van der Waals surface area contributed by atoms with Crippen molar-refractivity contribution in [3.63, 3.8) is 0 Å². The number of hydrogen-bond acceptors (Lipinski definition) is 2. The van der Waals surface area contributed by atoms with Crippen LogP contribution in [0.1, 0.15) is 31.9 Å². The maximum absolute atomic E-state index is 11.3. The molecule has 1 rings (SSSR count). The van der Waals surface area contributed by atoms with Crippen molar-refractivity contribution < 1.29 is 4.79 Å². The minimum atomic E-state index is -0.123. The van der Waals surface area contributed by atoms with Crippen molar-refractivity contribution in [1.82, 2.24) is 4.98 Å². The fourth-order valence-corrected chi connectivity index (χ4v) is 1.23. The molecule has 0 aromatic carbocycles. The van der Waals surface area contributed by atoms with E-state index in [-0.39, 0.29) is 11.7 Å². The topological polar surface area (TPSA) is 30.0 Å². The van der Waals surface area contributed by atoms with E-state index in [1.165, 1.54) is 0 Å². The number of pyridine rings is 1. The second-order valence-electron chi connectivity index (χ2n) is 2.94. The van der Waals surface area contributed by atoms with Gasteiger partial charge in [0.1, 0.15) is 5.78 Å². The number of hydrogen-bond donors (Lipinski definition) is 0. The molecule has 0 radical (unpaired) electrons. The molecule has 2 nitrogen and oxygen atoms in total. The quantitative estimate of drug-likeness (QED) is 0.746. The molecule has 0 fully saturated rings. The zero-order chi connectivity index (χ0) is 9.84. The Hall–Kier alpha value is -0.890. The summed E-state index contributed by atoms with van der Waals surface area (Å²) in [5, 5.41) is 0.597. The number of ketones is 1. The summed E-state index contributed by atoms with van der Waals surface area (Å²) in [5.74, 6) is 0.0806. The van der Waals surface area contributed by atoms with E-state index in [9.17, 15) is 4.79 Å². The van der Waals surface area contributed by atoms with Crippen molar-refractivity contribution in [2.24, 2.45) is 0 Å². The van der Waals surface area contributed by atoms with E-state index in [0.717, 1.165) is 5.69 Å². The molecule has 0 aliphatic rings. The maximum Gasteiger partial charge on any atom is 0.141 e. The van der Waals surface area contributed by atoms with E-state index in [0.29, 0.717) is 11.4 Å². The Morgan fingerprint density at radius 1 is 1.62 bits per heavy atom. The first kappa shape index (κ1) is 10.2. The van der Waals surface area contributed by atoms with E-state index >= 15 is 0 Å². The number of aromatic nitrogens is 1. The molecule has 0 saturated heterocycles. The van der Waals surface area contributed by atoms with E-state index in [1.807, 2.05) is 13.8 Å². The Labute approximate surface area is 82.9 Å². The summed E-state index contributed by atoms with van der Waals surface area (Å²) in [6, 6.07) is 3.55. The first-order valence-corrected chi connectivity index (χ1v) is 4.67. The largest absolute Gasteiger partial charge is 0.299 e. The Balaban J connectivity index is 2.83. The molecule has 1 aromatic heterocycles. The first-order chi connectivity index (χ1) is 6.15. The van der Waals surface area contributed by atoms with Gasteiger partial charge in [-0.3, -0.25) is 9.78 Å². The fraction of sp³-hybridized carbons (Fsp3) is 0.400. The van der Waals surface area contributed by atoms with Gasteiger partial charge in [0.05, 0.1) is 16.6 Å². The molecular formula is C10H12ClNO. The predicted molar refractivity (Wildman–Crippen MR) is 53.0 cm³/mol. The van der Waals surface area contributed by atoms with Gasteiger partial charge in [-0.2, -0.15) is 0 Å². The van der Waals surface area contributed by atoms with Crippen molar-refractivity contribution in [1.29, 1.82) is 0 Å². The normalized spacial score (nSPS) is 12.5. The van der Waals surface area contributed by atoms with Gasteiger partial charge in [-0.25, -0.2) is 0 Å². The number of nitrogens with zero attached hydrogens (tertiary/aromatic N) is 1. The highest BCUT2D eigenvalue weighted by Crippen LogP contribution is 2.16. The van der Waals surface area contributed by atoms with Crippen LogP contribution >= 0.6 is 11.6 Å². The summed E-state index contributed by atoms with van der Waals surface area (Å²) in [5.41, 5.74) is 0.788. The molecule has 0 saturated carbocycles. The van der Waals surface area contributed by atoms with Crippen LogP contribution in [-0.4, -0.2) is 10.8 Å². The van der Waals surface area contributed by atoms with Crippen LogP contribution < -0.4 is 0 Å². The Morgan fingerprint density at radius 2 is 2.31 bits per heavy atom. The average molecular weight is 198 g/mol. The van der Waals surface area contributed by atoms with Gasteiger partial charge >= 0.3 is 0 Å². The van der Waals surface area contributed by atoms with Gasteiger partial charge in [0.25, 0.3) is 0 Å². The standard InChI is InChI=1S/C10H12ClNO/c1-3-10(13)7(2)9-5-4-8(11)6-12-9/h4-7H,3H2,1-2H3. The molecule has 0 bridgehead atoms. The zero-order valence-electron chi connectivity index (χ0n) is 7.75. The predicted octanol–water partition coefficient (Wildman–Crippen LogP) is 2.82. The fourth-order valence-electron chi connectivity index (χ4n) is 1.11. The lowest BCUT2D eigenvalue weighted by molar-refractivity contribution is -0.119. The smallest absolute Gasteiger partial charge is 0.141 e. The third-order valence-corrected chi connectivity index (χ3v) is 2.25. The lowest BCUT2D eigenvalue weighted by Gasteiger charge is -2.07. The Bertz CT molecular complexity index is 294. The Morgan fingerprint density at radius 3 is 2.77 bits per heavy atom. The van der Waals surface area contributed by atoms with Gasteiger partial charge in [-0.1, -0.05) is 18.5 Å². The highest BCUT2D eigenvalue weighted by Gasteiger charge is 2.13. The van der Waals surface area contributed by atoms with Crippen molar-refractivity contribution in [2.45, 2.75) is 26.2 Å². The highest BCUT2D eigenvalue weighted by molar-refractivity contribution is 6.30. The summed E-state index contributed by atoms with van der Waals surface area (Å²) in [6.07, 6.45) is 2.11. The molecule has 0 amide bonds. The maximum atomic E-state index is 11.3. The average Bonchev–Trinajstić information content (AvgIpc) is 2.17. The van der Waals surface area contributed by atoms with Gasteiger partial charge in [0.15, 0.2) is 0 Å². The number of Topliss-reactive ketones (excluding diaryl/α,β-unsaturated/α-hetero) is 1. The van der Waals surface area contributed by atoms with Gasteiger partial charge in [-0.15, -0.1) is 0 Å². The molecule has 1 aromatic rings. The van der Waals surface area contributed by atoms with Crippen molar-refractivity contribution >= 4 is 17.4 Å². The van der Waals surface area contributed by atoms with E-state index in [4.69, 9.17) is 11.6 Å². The van der Waals surface area contributed by atoms with Gasteiger partial charge in [0.2, 0.25) is 0 Å². The monoisotopic (exact) mass is 197 g/mol. The second-order valence-corrected chi connectivity index (χ2v) is 3.38. The van der Waals surface area contributed by atoms with E-state index < -0.39 is 0 Å². The van der Waals surface area contributed by atoms with Crippen molar-refractivity contribution in [2.75, 3.05) is 0 Å². The van der Waals surface area contributed by atoms with E-state index in [1.54, 1.807) is 18.3 Å². The van der Waals surface area contributed by atoms with Crippen molar-refractivity contribution in [3.05, 3.63) is 29.0 Å². The number of carbonyl (C=O) groups excluding carboxylic acids is 1. The van der Waals surface area contributed by atoms with Crippen LogP contribution in [0, 0.1) is 0 Å². The highest BCUT2D eigenvalue weighted by atomic mass is 35.5. The summed E-state index contributed by atoms with van der Waals surface area (Å²) in [6.45, 7) is 3.72. The molecule has 0 N–H and O–H groups in total. The van der Waals surface area contributed by atoms with Crippen LogP contribution in [0.5, 0.6) is 0 Å². The summed E-state index contributed by atoms with van der Waals surface area (Å²) >= 11 is 5.68. The number of rotatable bonds is 3. The first-order valence-electron chi connectivity index (χ1n) is 4.29. The van der Waals surface area contributed by atoms with Crippen LogP contribution in [0.4, 0.5) is 0 Å². The number of halogens is 1. The van der Waals surface area contributed by atoms with Crippen LogP contribution in [-0.2, 0) is 4.79 Å². The molecule has 0 aliphatic carbocycles. The zero-order valence-corrected chi connectivity index (χ0v) is 8.51. The Kier molecular flexibility index (Phi) is 3.43. The molecule has 0 aliphatic heterocycles.